The van der Waals surface area contributed by atoms with Gasteiger partial charge >= 0.3 is 5.97 Å². The number of hydrogen-bond acceptors (Lipinski definition) is 8. The summed E-state index contributed by atoms with van der Waals surface area (Å²) in [6, 6.07) is 15.1. The molecule has 3 aromatic carbocycles. The summed E-state index contributed by atoms with van der Waals surface area (Å²) in [5.74, 6) is -0.943. The molecule has 0 bridgehead atoms. The first kappa shape index (κ1) is 31.7. The standard InChI is InChI=1S/C29H23Cl2IN2O7S/c1-3-40-28(37)19-13-18(8-9-21(19)31)33-25(35)14-34-27(36)24(42-29(34)38)12-16-10-22(32)26(23(11-16)39-2)41-15-17-6-4-5-7-20(17)30/h4-13H,3,14-15H2,1-2H3,(H,33,35)/b24-12+. The quantitative estimate of drug-likeness (QED) is 0.134. The molecule has 1 N–H and O–H groups in total. The van der Waals surface area contributed by atoms with Gasteiger partial charge in [-0.15, -0.1) is 0 Å². The van der Waals surface area contributed by atoms with Crippen LogP contribution in [-0.2, 0) is 20.9 Å². The van der Waals surface area contributed by atoms with Crippen molar-refractivity contribution in [2.75, 3.05) is 25.6 Å². The van der Waals surface area contributed by atoms with E-state index in [-0.39, 0.29) is 34.4 Å². The Morgan fingerprint density at radius 3 is 2.55 bits per heavy atom. The number of carbonyl (C=O) groups excluding carboxylic acids is 4. The minimum absolute atomic E-state index is 0.0794. The van der Waals surface area contributed by atoms with Gasteiger partial charge in [-0.25, -0.2) is 4.79 Å². The smallest absolute Gasteiger partial charge is 0.339 e. The Balaban J connectivity index is 1.45. The van der Waals surface area contributed by atoms with Crippen molar-refractivity contribution in [1.29, 1.82) is 0 Å². The Labute approximate surface area is 269 Å². The summed E-state index contributed by atoms with van der Waals surface area (Å²) >= 11 is 15.1. The molecule has 13 heteroatoms. The molecule has 0 saturated carbocycles. The van der Waals surface area contributed by atoms with Crippen LogP contribution in [0.2, 0.25) is 10.0 Å². The lowest BCUT2D eigenvalue weighted by Crippen LogP contribution is -2.36. The van der Waals surface area contributed by atoms with Crippen LogP contribution in [0.3, 0.4) is 0 Å². The summed E-state index contributed by atoms with van der Waals surface area (Å²) < 4.78 is 17.2. The van der Waals surface area contributed by atoms with Crippen molar-refractivity contribution in [2.24, 2.45) is 0 Å². The summed E-state index contributed by atoms with van der Waals surface area (Å²) in [5, 5.41) is 2.73. The van der Waals surface area contributed by atoms with E-state index in [1.807, 2.05) is 18.2 Å². The van der Waals surface area contributed by atoms with Crippen molar-refractivity contribution < 1.29 is 33.4 Å². The summed E-state index contributed by atoms with van der Waals surface area (Å²) in [6.07, 6.45) is 1.55. The van der Waals surface area contributed by atoms with Gasteiger partial charge in [0.25, 0.3) is 11.1 Å². The molecule has 4 rings (SSSR count). The molecule has 218 valence electrons. The van der Waals surface area contributed by atoms with Crippen LogP contribution >= 0.6 is 57.6 Å². The number of esters is 1. The van der Waals surface area contributed by atoms with Crippen LogP contribution in [0.1, 0.15) is 28.4 Å². The molecule has 1 fully saturated rings. The van der Waals surface area contributed by atoms with Gasteiger partial charge in [-0.3, -0.25) is 19.3 Å². The Hall–Kier alpha value is -3.26. The van der Waals surface area contributed by atoms with Gasteiger partial charge < -0.3 is 19.5 Å². The Bertz CT molecular complexity index is 1600. The minimum atomic E-state index is -0.638. The van der Waals surface area contributed by atoms with Gasteiger partial charge in [0, 0.05) is 16.3 Å². The molecular weight excluding hydrogens is 718 g/mol. The maximum Gasteiger partial charge on any atom is 0.339 e. The van der Waals surface area contributed by atoms with Gasteiger partial charge in [-0.05, 0) is 89.3 Å². The zero-order valence-corrected chi connectivity index (χ0v) is 26.7. The van der Waals surface area contributed by atoms with E-state index in [2.05, 4.69) is 27.9 Å². The molecule has 3 amide bonds. The molecule has 1 aliphatic rings. The molecule has 1 saturated heterocycles. The number of nitrogens with one attached hydrogen (secondary N) is 1. The largest absolute Gasteiger partial charge is 0.493 e. The van der Waals surface area contributed by atoms with E-state index in [4.69, 9.17) is 37.4 Å². The molecule has 1 heterocycles. The molecule has 9 nitrogen and oxygen atoms in total. The van der Waals surface area contributed by atoms with Gasteiger partial charge in [0.15, 0.2) is 11.5 Å². The summed E-state index contributed by atoms with van der Waals surface area (Å²) in [4.78, 5) is 51.5. The van der Waals surface area contributed by atoms with E-state index in [1.54, 1.807) is 31.2 Å². The number of amides is 3. The number of anilines is 1. The Morgan fingerprint density at radius 1 is 1.07 bits per heavy atom. The number of hydrogen-bond donors (Lipinski definition) is 1. The fourth-order valence-corrected chi connectivity index (χ4v) is 5.83. The third kappa shape index (κ3) is 7.57. The molecule has 0 spiro atoms. The first-order valence-electron chi connectivity index (χ1n) is 12.4. The van der Waals surface area contributed by atoms with E-state index in [1.165, 1.54) is 25.3 Å². The van der Waals surface area contributed by atoms with E-state index in [0.717, 1.165) is 22.2 Å². The van der Waals surface area contributed by atoms with E-state index >= 15 is 0 Å². The highest BCUT2D eigenvalue weighted by Gasteiger charge is 2.36. The highest BCUT2D eigenvalue weighted by atomic mass is 127. The second-order valence-corrected chi connectivity index (χ2v) is 11.6. The lowest BCUT2D eigenvalue weighted by Gasteiger charge is -2.14. The van der Waals surface area contributed by atoms with Crippen molar-refractivity contribution in [1.82, 2.24) is 4.90 Å². The fourth-order valence-electron chi connectivity index (χ4n) is 3.83. The lowest BCUT2D eigenvalue weighted by atomic mass is 10.1. The lowest BCUT2D eigenvalue weighted by molar-refractivity contribution is -0.127. The molecule has 0 aliphatic carbocycles. The first-order chi connectivity index (χ1) is 20.1. The molecule has 42 heavy (non-hydrogen) atoms. The van der Waals surface area contributed by atoms with Crippen molar-refractivity contribution in [3.05, 3.63) is 89.8 Å². The predicted octanol–water partition coefficient (Wildman–Crippen LogP) is 7.04. The van der Waals surface area contributed by atoms with Crippen molar-refractivity contribution >= 4 is 92.3 Å². The van der Waals surface area contributed by atoms with Crippen LogP contribution in [0, 0.1) is 3.57 Å². The van der Waals surface area contributed by atoms with Crippen molar-refractivity contribution in [3.8, 4) is 11.5 Å². The normalized spacial score (nSPS) is 13.8. The highest BCUT2D eigenvalue weighted by molar-refractivity contribution is 14.1. The Kier molecular flexibility index (Phi) is 10.8. The number of thioether (sulfide) groups is 1. The Morgan fingerprint density at radius 2 is 1.83 bits per heavy atom. The molecular formula is C29H23Cl2IN2O7S. The average molecular weight is 741 g/mol. The van der Waals surface area contributed by atoms with Crippen LogP contribution in [0.5, 0.6) is 11.5 Å². The molecule has 0 unspecified atom stereocenters. The predicted molar refractivity (Wildman–Crippen MR) is 170 cm³/mol. The van der Waals surface area contributed by atoms with E-state index in [0.29, 0.717) is 25.7 Å². The van der Waals surface area contributed by atoms with E-state index < -0.39 is 29.6 Å². The fraction of sp³-hybridized carbons (Fsp3) is 0.172. The van der Waals surface area contributed by atoms with Crippen LogP contribution in [0.15, 0.2) is 59.5 Å². The topological polar surface area (TPSA) is 111 Å². The van der Waals surface area contributed by atoms with Crippen LogP contribution < -0.4 is 14.8 Å². The number of benzene rings is 3. The summed E-state index contributed by atoms with van der Waals surface area (Å²) in [5.41, 5.74) is 1.75. The van der Waals surface area contributed by atoms with Crippen molar-refractivity contribution in [3.63, 3.8) is 0 Å². The third-order valence-corrected chi connectivity index (χ3v) is 8.21. The van der Waals surface area contributed by atoms with Gasteiger partial charge in [0.2, 0.25) is 5.91 Å². The van der Waals surface area contributed by atoms with Gasteiger partial charge in [0.1, 0.15) is 13.2 Å². The number of ether oxygens (including phenoxy) is 3. The first-order valence-corrected chi connectivity index (χ1v) is 15.0. The second-order valence-electron chi connectivity index (χ2n) is 8.65. The van der Waals surface area contributed by atoms with Crippen LogP contribution in [0.4, 0.5) is 10.5 Å². The number of rotatable bonds is 10. The number of halogens is 3. The monoisotopic (exact) mass is 740 g/mol. The SMILES string of the molecule is CCOC(=O)c1cc(NC(=O)CN2C(=O)S/C(=C/c3cc(I)c(OCc4ccccc4Cl)c(OC)c3)C2=O)ccc1Cl. The number of carbonyl (C=O) groups is 4. The second kappa shape index (κ2) is 14.3. The summed E-state index contributed by atoms with van der Waals surface area (Å²) in [7, 11) is 1.50. The van der Waals surface area contributed by atoms with Gasteiger partial charge in [-0.1, -0.05) is 41.4 Å². The van der Waals surface area contributed by atoms with Crippen LogP contribution in [-0.4, -0.2) is 48.2 Å². The van der Waals surface area contributed by atoms with Crippen LogP contribution in [0.25, 0.3) is 6.08 Å². The minimum Gasteiger partial charge on any atom is -0.493 e. The maximum atomic E-state index is 13.1. The molecule has 0 radical (unpaired) electrons. The van der Waals surface area contributed by atoms with Gasteiger partial charge in [-0.2, -0.15) is 0 Å². The maximum absolute atomic E-state index is 13.1. The third-order valence-electron chi connectivity index (χ3n) is 5.80. The molecule has 1 aliphatic heterocycles. The number of nitrogens with zero attached hydrogens (tertiary/aromatic N) is 1. The molecule has 0 aromatic heterocycles. The zero-order valence-electron chi connectivity index (χ0n) is 22.2. The number of imide groups is 1. The van der Waals surface area contributed by atoms with Gasteiger partial charge in [0.05, 0.1) is 32.8 Å². The number of methoxy groups -OCH3 is 1. The molecule has 3 aromatic rings. The average Bonchev–Trinajstić information content (AvgIpc) is 3.21. The van der Waals surface area contributed by atoms with E-state index in [9.17, 15) is 19.2 Å². The molecule has 0 atom stereocenters. The zero-order chi connectivity index (χ0) is 30.4. The summed E-state index contributed by atoms with van der Waals surface area (Å²) in [6.45, 7) is 1.53. The van der Waals surface area contributed by atoms with Crippen molar-refractivity contribution in [2.45, 2.75) is 13.5 Å². The highest BCUT2D eigenvalue weighted by Crippen LogP contribution is 2.38.